The summed E-state index contributed by atoms with van der Waals surface area (Å²) in [6.45, 7) is 9.95. The summed E-state index contributed by atoms with van der Waals surface area (Å²) in [5, 5.41) is 0. The minimum absolute atomic E-state index is 0.130. The van der Waals surface area contributed by atoms with E-state index in [0.717, 1.165) is 39.0 Å². The van der Waals surface area contributed by atoms with Crippen LogP contribution in [0, 0.1) is 5.92 Å². The summed E-state index contributed by atoms with van der Waals surface area (Å²) >= 11 is 0. The Morgan fingerprint density at radius 1 is 1.29 bits per heavy atom. The molecule has 2 N–H and O–H groups in total. The highest BCUT2D eigenvalue weighted by Crippen LogP contribution is 2.21. The summed E-state index contributed by atoms with van der Waals surface area (Å²) < 4.78 is 0. The van der Waals surface area contributed by atoms with E-state index >= 15 is 0 Å². The Labute approximate surface area is 147 Å². The van der Waals surface area contributed by atoms with E-state index in [1.54, 1.807) is 0 Å². The fourth-order valence-electron chi connectivity index (χ4n) is 3.40. The first-order chi connectivity index (χ1) is 11.5. The lowest BCUT2D eigenvalue weighted by molar-refractivity contribution is -0.137. The van der Waals surface area contributed by atoms with Crippen molar-refractivity contribution in [3.63, 3.8) is 0 Å². The molecule has 24 heavy (non-hydrogen) atoms. The minimum atomic E-state index is -0.380. The second-order valence-electron chi connectivity index (χ2n) is 7.26. The third-order valence-corrected chi connectivity index (χ3v) is 5.08. The van der Waals surface area contributed by atoms with Gasteiger partial charge in [0.25, 0.3) is 0 Å². The number of likely N-dealkylation sites (tertiary alicyclic amines) is 1. The van der Waals surface area contributed by atoms with Crippen molar-refractivity contribution in [3.8, 4) is 0 Å². The summed E-state index contributed by atoms with van der Waals surface area (Å²) in [5.74, 6) is 0.317. The third-order valence-electron chi connectivity index (χ3n) is 5.08. The van der Waals surface area contributed by atoms with Gasteiger partial charge in [0.05, 0.1) is 6.04 Å². The van der Waals surface area contributed by atoms with Gasteiger partial charge in [-0.3, -0.25) is 9.69 Å². The van der Waals surface area contributed by atoms with E-state index in [0.29, 0.717) is 6.04 Å². The molecule has 1 aromatic rings. The average molecular weight is 332 g/mol. The quantitative estimate of drug-likeness (QED) is 0.836. The maximum absolute atomic E-state index is 12.8. The molecule has 1 aliphatic rings. The number of likely N-dealkylation sites (N-methyl/N-ethyl adjacent to an activating group) is 1. The van der Waals surface area contributed by atoms with Crippen molar-refractivity contribution in [2.45, 2.75) is 58.7 Å². The maximum atomic E-state index is 12.8. The highest BCUT2D eigenvalue weighted by atomic mass is 16.2. The smallest absolute Gasteiger partial charge is 0.240 e. The Kier molecular flexibility index (Phi) is 7.25. The van der Waals surface area contributed by atoms with Crippen molar-refractivity contribution in [2.24, 2.45) is 11.7 Å². The van der Waals surface area contributed by atoms with Gasteiger partial charge >= 0.3 is 0 Å². The molecule has 0 aliphatic carbocycles. The largest absolute Gasteiger partial charge is 0.337 e. The van der Waals surface area contributed by atoms with Gasteiger partial charge in [0.2, 0.25) is 5.91 Å². The Bertz CT molecular complexity index is 503. The van der Waals surface area contributed by atoms with E-state index in [1.807, 2.05) is 13.8 Å². The molecule has 2 atom stereocenters. The van der Waals surface area contributed by atoms with Crippen LogP contribution in [0.25, 0.3) is 0 Å². The number of rotatable bonds is 7. The first kappa shape index (κ1) is 18.9. The topological polar surface area (TPSA) is 49.6 Å². The van der Waals surface area contributed by atoms with E-state index in [1.165, 1.54) is 12.0 Å². The van der Waals surface area contributed by atoms with Crippen molar-refractivity contribution < 1.29 is 4.79 Å². The van der Waals surface area contributed by atoms with E-state index in [9.17, 15) is 4.79 Å². The lowest BCUT2D eigenvalue weighted by Gasteiger charge is -2.40. The fourth-order valence-corrected chi connectivity index (χ4v) is 3.40. The molecule has 1 fully saturated rings. The van der Waals surface area contributed by atoms with E-state index in [4.69, 9.17) is 5.73 Å². The number of carbonyl (C=O) groups excluding carboxylic acids is 1. The van der Waals surface area contributed by atoms with Crippen molar-refractivity contribution >= 4 is 5.91 Å². The van der Waals surface area contributed by atoms with Gasteiger partial charge in [-0.05, 0) is 37.3 Å². The lowest BCUT2D eigenvalue weighted by atomic mass is 9.97. The number of piperidine rings is 1. The van der Waals surface area contributed by atoms with Crippen LogP contribution in [0.4, 0.5) is 0 Å². The number of benzene rings is 1. The SMILES string of the molecule is CCN(Cc1ccccc1)C[C@@H]1CCCCN1C(=O)C(N)C(C)C. The Morgan fingerprint density at radius 2 is 2.00 bits per heavy atom. The first-order valence-electron chi connectivity index (χ1n) is 9.35. The monoisotopic (exact) mass is 331 g/mol. The van der Waals surface area contributed by atoms with Gasteiger partial charge in [0, 0.05) is 25.7 Å². The van der Waals surface area contributed by atoms with E-state index in [-0.39, 0.29) is 17.9 Å². The Hall–Kier alpha value is -1.39. The summed E-state index contributed by atoms with van der Waals surface area (Å²) in [7, 11) is 0. The van der Waals surface area contributed by atoms with Gasteiger partial charge in [-0.15, -0.1) is 0 Å². The van der Waals surface area contributed by atoms with Crippen LogP contribution in [0.3, 0.4) is 0 Å². The van der Waals surface area contributed by atoms with Crippen molar-refractivity contribution in [3.05, 3.63) is 35.9 Å². The third kappa shape index (κ3) is 5.05. The molecule has 1 aliphatic heterocycles. The average Bonchev–Trinajstić information content (AvgIpc) is 2.61. The molecule has 0 radical (unpaired) electrons. The van der Waals surface area contributed by atoms with E-state index in [2.05, 4.69) is 47.1 Å². The molecular formula is C20H33N3O. The second-order valence-corrected chi connectivity index (χ2v) is 7.26. The zero-order valence-electron chi connectivity index (χ0n) is 15.4. The van der Waals surface area contributed by atoms with Crippen LogP contribution in [0.2, 0.25) is 0 Å². The molecule has 0 saturated carbocycles. The first-order valence-corrected chi connectivity index (χ1v) is 9.35. The molecule has 1 amide bonds. The second kappa shape index (κ2) is 9.19. The number of hydrogen-bond donors (Lipinski definition) is 1. The zero-order chi connectivity index (χ0) is 17.5. The fraction of sp³-hybridized carbons (Fsp3) is 0.650. The predicted molar refractivity (Wildman–Crippen MR) is 99.6 cm³/mol. The molecule has 1 saturated heterocycles. The molecule has 0 bridgehead atoms. The van der Waals surface area contributed by atoms with Crippen molar-refractivity contribution in [2.75, 3.05) is 19.6 Å². The molecule has 0 spiro atoms. The van der Waals surface area contributed by atoms with Crippen LogP contribution < -0.4 is 5.73 Å². The Balaban J connectivity index is 2.02. The summed E-state index contributed by atoms with van der Waals surface area (Å²) in [5.41, 5.74) is 7.46. The summed E-state index contributed by atoms with van der Waals surface area (Å²) in [4.78, 5) is 17.3. The number of nitrogens with two attached hydrogens (primary N) is 1. The van der Waals surface area contributed by atoms with Crippen molar-refractivity contribution in [1.29, 1.82) is 0 Å². The highest BCUT2D eigenvalue weighted by Gasteiger charge is 2.31. The molecular weight excluding hydrogens is 298 g/mol. The number of carbonyl (C=O) groups is 1. The molecule has 1 unspecified atom stereocenters. The molecule has 1 heterocycles. The Morgan fingerprint density at radius 3 is 2.62 bits per heavy atom. The predicted octanol–water partition coefficient (Wildman–Crippen LogP) is 2.87. The normalized spacial score (nSPS) is 19.8. The van der Waals surface area contributed by atoms with Crippen LogP contribution in [0.15, 0.2) is 30.3 Å². The molecule has 134 valence electrons. The lowest BCUT2D eigenvalue weighted by Crippen LogP contribution is -2.55. The number of nitrogens with zero attached hydrogens (tertiary/aromatic N) is 2. The van der Waals surface area contributed by atoms with Gasteiger partial charge in [0.1, 0.15) is 0 Å². The van der Waals surface area contributed by atoms with Crippen molar-refractivity contribution in [1.82, 2.24) is 9.80 Å². The van der Waals surface area contributed by atoms with Crippen LogP contribution in [-0.4, -0.2) is 47.4 Å². The maximum Gasteiger partial charge on any atom is 0.240 e. The number of amides is 1. The van der Waals surface area contributed by atoms with Crippen LogP contribution >= 0.6 is 0 Å². The van der Waals surface area contributed by atoms with Gasteiger partial charge in [0.15, 0.2) is 0 Å². The number of hydrogen-bond acceptors (Lipinski definition) is 3. The molecule has 4 nitrogen and oxygen atoms in total. The summed E-state index contributed by atoms with van der Waals surface area (Å²) in [6, 6.07) is 10.5. The summed E-state index contributed by atoms with van der Waals surface area (Å²) in [6.07, 6.45) is 3.38. The molecule has 2 rings (SSSR count). The van der Waals surface area contributed by atoms with Crippen LogP contribution in [0.5, 0.6) is 0 Å². The van der Waals surface area contributed by atoms with Gasteiger partial charge in [-0.25, -0.2) is 0 Å². The van der Waals surface area contributed by atoms with Gasteiger partial charge in [-0.1, -0.05) is 51.1 Å². The van der Waals surface area contributed by atoms with E-state index < -0.39 is 0 Å². The zero-order valence-corrected chi connectivity index (χ0v) is 15.4. The molecule has 1 aromatic carbocycles. The molecule has 0 aromatic heterocycles. The minimum Gasteiger partial charge on any atom is -0.337 e. The van der Waals surface area contributed by atoms with Crippen LogP contribution in [0.1, 0.15) is 45.6 Å². The van der Waals surface area contributed by atoms with Gasteiger partial charge < -0.3 is 10.6 Å². The molecule has 4 heteroatoms. The standard InChI is InChI=1S/C20H33N3O/c1-4-22(14-17-10-6-5-7-11-17)15-18-12-8-9-13-23(18)20(24)19(21)16(2)3/h5-7,10-11,16,18-19H,4,8-9,12-15,21H2,1-3H3/t18-,19?/m0/s1. The van der Waals surface area contributed by atoms with Crippen LogP contribution in [-0.2, 0) is 11.3 Å². The van der Waals surface area contributed by atoms with Gasteiger partial charge in [-0.2, -0.15) is 0 Å². The highest BCUT2D eigenvalue weighted by molar-refractivity contribution is 5.82.